The smallest absolute Gasteiger partial charge is 0.288 e. The summed E-state index contributed by atoms with van der Waals surface area (Å²) in [5.74, 6) is -9.27. The average molecular weight is 264 g/mol. The minimum atomic E-state index is -4.68. The molecule has 1 atom stereocenters. The maximum absolute atomic E-state index is 13.0. The summed E-state index contributed by atoms with van der Waals surface area (Å²) in [5, 5.41) is -0.363. The fourth-order valence-corrected chi connectivity index (χ4v) is 1.56. The van der Waals surface area contributed by atoms with Gasteiger partial charge in [-0.05, 0) is 6.42 Å². The van der Waals surface area contributed by atoms with Gasteiger partial charge >= 0.3 is 11.8 Å². The Balaban J connectivity index is 4.35. The standard InChI is InChI=1S/C9H13F5OS/c1-3-8(11,12)9(13,14)7(10)4-5-16-6(2)15/h7H,3-5H2,1-2H3. The van der Waals surface area contributed by atoms with Gasteiger partial charge in [-0.3, -0.25) is 4.79 Å². The highest BCUT2D eigenvalue weighted by Crippen LogP contribution is 2.41. The first-order valence-electron chi connectivity index (χ1n) is 4.68. The van der Waals surface area contributed by atoms with Crippen LogP contribution in [-0.4, -0.2) is 28.9 Å². The minimum absolute atomic E-state index is 0.230. The first kappa shape index (κ1) is 15.7. The van der Waals surface area contributed by atoms with Crippen LogP contribution in [-0.2, 0) is 4.79 Å². The van der Waals surface area contributed by atoms with Gasteiger partial charge < -0.3 is 0 Å². The first-order chi connectivity index (χ1) is 7.15. The van der Waals surface area contributed by atoms with E-state index in [2.05, 4.69) is 0 Å². The number of thioether (sulfide) groups is 1. The van der Waals surface area contributed by atoms with Gasteiger partial charge in [-0.15, -0.1) is 0 Å². The number of alkyl halides is 5. The van der Waals surface area contributed by atoms with E-state index in [0.29, 0.717) is 11.8 Å². The summed E-state index contributed by atoms with van der Waals surface area (Å²) in [6, 6.07) is 0. The van der Waals surface area contributed by atoms with Crippen molar-refractivity contribution in [3.05, 3.63) is 0 Å². The van der Waals surface area contributed by atoms with Crippen molar-refractivity contribution in [3.8, 4) is 0 Å². The second-order valence-corrected chi connectivity index (χ2v) is 4.55. The maximum Gasteiger partial charge on any atom is 0.340 e. The molecule has 0 N–H and O–H groups in total. The molecule has 0 aliphatic heterocycles. The largest absolute Gasteiger partial charge is 0.340 e. The van der Waals surface area contributed by atoms with Crippen LogP contribution < -0.4 is 0 Å². The normalized spacial score (nSPS) is 14.9. The number of rotatable bonds is 6. The van der Waals surface area contributed by atoms with E-state index < -0.39 is 30.9 Å². The minimum Gasteiger partial charge on any atom is -0.288 e. The molecule has 0 aliphatic rings. The van der Waals surface area contributed by atoms with Crippen LogP contribution in [0.5, 0.6) is 0 Å². The van der Waals surface area contributed by atoms with Crippen LogP contribution in [0.25, 0.3) is 0 Å². The number of halogens is 5. The van der Waals surface area contributed by atoms with E-state index in [0.717, 1.165) is 6.92 Å². The van der Waals surface area contributed by atoms with Crippen LogP contribution in [0.15, 0.2) is 0 Å². The highest BCUT2D eigenvalue weighted by atomic mass is 32.2. The molecular formula is C9H13F5OS. The van der Waals surface area contributed by atoms with E-state index in [1.165, 1.54) is 6.92 Å². The van der Waals surface area contributed by atoms with Gasteiger partial charge in [0.1, 0.15) is 0 Å². The van der Waals surface area contributed by atoms with Gasteiger partial charge in [-0.25, -0.2) is 4.39 Å². The summed E-state index contributed by atoms with van der Waals surface area (Å²) in [6.07, 6.45) is -4.83. The zero-order valence-electron chi connectivity index (χ0n) is 8.90. The molecule has 7 heteroatoms. The lowest BCUT2D eigenvalue weighted by molar-refractivity contribution is -0.239. The van der Waals surface area contributed by atoms with Crippen molar-refractivity contribution in [2.75, 3.05) is 5.75 Å². The number of carbonyl (C=O) groups excluding carboxylic acids is 1. The van der Waals surface area contributed by atoms with E-state index in [1.807, 2.05) is 0 Å². The zero-order valence-corrected chi connectivity index (χ0v) is 9.72. The van der Waals surface area contributed by atoms with E-state index in [4.69, 9.17) is 0 Å². The third-order valence-corrected chi connectivity index (χ3v) is 2.85. The molecule has 96 valence electrons. The van der Waals surface area contributed by atoms with Crippen molar-refractivity contribution in [2.45, 2.75) is 44.7 Å². The summed E-state index contributed by atoms with van der Waals surface area (Å²) in [4.78, 5) is 10.4. The van der Waals surface area contributed by atoms with Gasteiger partial charge in [-0.2, -0.15) is 17.6 Å². The molecule has 0 bridgehead atoms. The highest BCUT2D eigenvalue weighted by molar-refractivity contribution is 8.13. The summed E-state index contributed by atoms with van der Waals surface area (Å²) in [7, 11) is 0. The Bertz CT molecular complexity index is 244. The van der Waals surface area contributed by atoms with Crippen LogP contribution in [0.3, 0.4) is 0 Å². The lowest BCUT2D eigenvalue weighted by atomic mass is 10.0. The molecule has 0 heterocycles. The summed E-state index contributed by atoms with van der Waals surface area (Å²) < 4.78 is 64.2. The number of carbonyl (C=O) groups is 1. The number of hydrogen-bond donors (Lipinski definition) is 0. The topological polar surface area (TPSA) is 17.1 Å². The van der Waals surface area contributed by atoms with Gasteiger partial charge in [0.2, 0.25) is 0 Å². The summed E-state index contributed by atoms with van der Waals surface area (Å²) in [5.41, 5.74) is 0. The third kappa shape index (κ3) is 3.92. The zero-order chi connectivity index (χ0) is 13.0. The maximum atomic E-state index is 13.0. The molecule has 0 aliphatic carbocycles. The molecule has 0 saturated heterocycles. The molecule has 16 heavy (non-hydrogen) atoms. The van der Waals surface area contributed by atoms with Gasteiger partial charge in [0, 0.05) is 19.1 Å². The average Bonchev–Trinajstić information content (AvgIpc) is 2.16. The van der Waals surface area contributed by atoms with Crippen LogP contribution in [0.2, 0.25) is 0 Å². The van der Waals surface area contributed by atoms with Gasteiger partial charge in [0.15, 0.2) is 11.3 Å². The molecule has 0 saturated carbocycles. The van der Waals surface area contributed by atoms with Crippen LogP contribution in [0.1, 0.15) is 26.7 Å². The van der Waals surface area contributed by atoms with Gasteiger partial charge in [-0.1, -0.05) is 18.7 Å². The molecule has 1 nitrogen and oxygen atoms in total. The van der Waals surface area contributed by atoms with E-state index in [9.17, 15) is 26.7 Å². The van der Waals surface area contributed by atoms with Crippen molar-refractivity contribution in [1.29, 1.82) is 0 Å². The molecule has 0 amide bonds. The molecule has 0 radical (unpaired) electrons. The lowest BCUT2D eigenvalue weighted by Gasteiger charge is -2.28. The van der Waals surface area contributed by atoms with Gasteiger partial charge in [0.05, 0.1) is 0 Å². The van der Waals surface area contributed by atoms with E-state index in [1.54, 1.807) is 0 Å². The molecule has 0 fully saturated rings. The summed E-state index contributed by atoms with van der Waals surface area (Å²) in [6.45, 7) is 2.06. The fourth-order valence-electron chi connectivity index (χ4n) is 0.952. The predicted molar refractivity (Wildman–Crippen MR) is 52.8 cm³/mol. The summed E-state index contributed by atoms with van der Waals surface area (Å²) >= 11 is 0.637. The predicted octanol–water partition coefficient (Wildman–Crippen LogP) is 3.67. The van der Waals surface area contributed by atoms with Crippen molar-refractivity contribution >= 4 is 16.9 Å². The molecule has 1 unspecified atom stereocenters. The number of hydrogen-bond acceptors (Lipinski definition) is 2. The van der Waals surface area contributed by atoms with Gasteiger partial charge in [0.25, 0.3) is 0 Å². The Labute approximate surface area is 94.8 Å². The lowest BCUT2D eigenvalue weighted by Crippen LogP contribution is -2.47. The van der Waals surface area contributed by atoms with Crippen LogP contribution in [0, 0.1) is 0 Å². The second kappa shape index (κ2) is 5.84. The Morgan fingerprint density at radius 2 is 1.81 bits per heavy atom. The second-order valence-electron chi connectivity index (χ2n) is 3.28. The Hall–Kier alpha value is -0.330. The van der Waals surface area contributed by atoms with Crippen LogP contribution >= 0.6 is 11.8 Å². The molecular weight excluding hydrogens is 251 g/mol. The van der Waals surface area contributed by atoms with Crippen molar-refractivity contribution < 1.29 is 26.7 Å². The molecule has 0 aromatic heterocycles. The Morgan fingerprint density at radius 3 is 2.19 bits per heavy atom. The highest BCUT2D eigenvalue weighted by Gasteiger charge is 2.60. The molecule has 0 aromatic rings. The Morgan fingerprint density at radius 1 is 1.31 bits per heavy atom. The Kier molecular flexibility index (Phi) is 5.72. The molecule has 0 spiro atoms. The van der Waals surface area contributed by atoms with E-state index >= 15 is 0 Å². The monoisotopic (exact) mass is 264 g/mol. The first-order valence-corrected chi connectivity index (χ1v) is 5.66. The molecule has 0 aromatic carbocycles. The van der Waals surface area contributed by atoms with Crippen LogP contribution in [0.4, 0.5) is 22.0 Å². The van der Waals surface area contributed by atoms with Crippen molar-refractivity contribution in [2.24, 2.45) is 0 Å². The SMILES string of the molecule is CCC(F)(F)C(F)(F)C(F)CCSC(C)=O. The van der Waals surface area contributed by atoms with Crippen molar-refractivity contribution in [1.82, 2.24) is 0 Å². The van der Waals surface area contributed by atoms with Crippen molar-refractivity contribution in [3.63, 3.8) is 0 Å². The third-order valence-electron chi connectivity index (χ3n) is 2.00. The molecule has 0 rings (SSSR count). The van der Waals surface area contributed by atoms with E-state index in [-0.39, 0.29) is 10.9 Å². The fraction of sp³-hybridized carbons (Fsp3) is 0.889. The quantitative estimate of drug-likeness (QED) is 0.681.